The number of nitrogens with one attached hydrogen (secondary N) is 1. The molecule has 0 fully saturated rings. The van der Waals surface area contributed by atoms with Crippen LogP contribution in [-0.2, 0) is 0 Å². The van der Waals surface area contributed by atoms with Crippen LogP contribution in [0.15, 0.2) is 22.6 Å². The average Bonchev–Trinajstić information content (AvgIpc) is 2.75. The molecule has 1 N–H and O–H groups in total. The van der Waals surface area contributed by atoms with E-state index in [0.717, 1.165) is 0 Å². The Bertz CT molecular complexity index is 624. The van der Waals surface area contributed by atoms with E-state index >= 15 is 0 Å². The third kappa shape index (κ3) is 3.59. The topological polar surface area (TPSA) is 81.2 Å². The number of hydrogen-bond donors (Lipinski definition) is 1. The molecule has 0 amide bonds. The van der Waals surface area contributed by atoms with E-state index in [1.165, 1.54) is 18.2 Å². The predicted molar refractivity (Wildman–Crippen MR) is 64.4 cm³/mol. The molecule has 0 atom stereocenters. The van der Waals surface area contributed by atoms with Crippen molar-refractivity contribution in [1.29, 1.82) is 0 Å². The number of anilines is 1. The Balaban J connectivity index is 1.99. The SMILES string of the molecule is O=[N+]([O-])c1ccc2nc(NCCCC(F)(F)F)oc2c1. The highest BCUT2D eigenvalue weighted by molar-refractivity contribution is 5.77. The summed E-state index contributed by atoms with van der Waals surface area (Å²) in [6.07, 6.45) is -5.20. The van der Waals surface area contributed by atoms with Crippen LogP contribution in [0.25, 0.3) is 11.1 Å². The maximum atomic E-state index is 11.9. The van der Waals surface area contributed by atoms with Crippen molar-refractivity contribution >= 4 is 22.8 Å². The fourth-order valence-corrected chi connectivity index (χ4v) is 1.59. The average molecular weight is 289 g/mol. The molecule has 0 spiro atoms. The maximum absolute atomic E-state index is 11.9. The number of fused-ring (bicyclic) bond motifs is 1. The number of nitrogens with zero attached hydrogens (tertiary/aromatic N) is 2. The monoisotopic (exact) mass is 289 g/mol. The van der Waals surface area contributed by atoms with Crippen LogP contribution in [0.4, 0.5) is 24.9 Å². The molecule has 0 saturated heterocycles. The summed E-state index contributed by atoms with van der Waals surface area (Å²) in [5.41, 5.74) is 0.462. The van der Waals surface area contributed by atoms with Crippen LogP contribution in [0.1, 0.15) is 12.8 Å². The Morgan fingerprint density at radius 2 is 2.15 bits per heavy atom. The maximum Gasteiger partial charge on any atom is 0.389 e. The van der Waals surface area contributed by atoms with Gasteiger partial charge in [0.05, 0.1) is 11.0 Å². The van der Waals surface area contributed by atoms with Crippen LogP contribution in [0.5, 0.6) is 0 Å². The summed E-state index contributed by atoms with van der Waals surface area (Å²) >= 11 is 0. The van der Waals surface area contributed by atoms with Gasteiger partial charge in [-0.2, -0.15) is 18.2 Å². The van der Waals surface area contributed by atoms with Gasteiger partial charge in [-0.25, -0.2) is 0 Å². The highest BCUT2D eigenvalue weighted by Crippen LogP contribution is 2.24. The van der Waals surface area contributed by atoms with E-state index in [1.807, 2.05) is 0 Å². The number of nitro benzene ring substituents is 1. The third-order valence-corrected chi connectivity index (χ3v) is 2.50. The minimum Gasteiger partial charge on any atom is -0.423 e. The lowest BCUT2D eigenvalue weighted by atomic mass is 10.3. The molecule has 0 aliphatic heterocycles. The second-order valence-electron chi connectivity index (χ2n) is 4.07. The van der Waals surface area contributed by atoms with E-state index in [0.29, 0.717) is 5.52 Å². The molecular weight excluding hydrogens is 279 g/mol. The summed E-state index contributed by atoms with van der Waals surface area (Å²) in [6.45, 7) is 0.0500. The lowest BCUT2D eigenvalue weighted by Crippen LogP contribution is -2.10. The Morgan fingerprint density at radius 3 is 2.80 bits per heavy atom. The van der Waals surface area contributed by atoms with E-state index in [9.17, 15) is 23.3 Å². The smallest absolute Gasteiger partial charge is 0.389 e. The number of hydrogen-bond acceptors (Lipinski definition) is 5. The van der Waals surface area contributed by atoms with E-state index in [1.54, 1.807) is 0 Å². The second-order valence-corrected chi connectivity index (χ2v) is 4.07. The molecule has 108 valence electrons. The van der Waals surface area contributed by atoms with Crippen molar-refractivity contribution < 1.29 is 22.5 Å². The first-order valence-corrected chi connectivity index (χ1v) is 5.71. The van der Waals surface area contributed by atoms with Gasteiger partial charge in [0.1, 0.15) is 5.52 Å². The molecule has 0 radical (unpaired) electrons. The number of halogens is 3. The van der Waals surface area contributed by atoms with Gasteiger partial charge in [0.15, 0.2) is 5.58 Å². The first kappa shape index (κ1) is 14.1. The zero-order valence-corrected chi connectivity index (χ0v) is 10.1. The molecule has 0 aliphatic rings. The van der Waals surface area contributed by atoms with E-state index < -0.39 is 17.5 Å². The number of non-ortho nitro benzene ring substituents is 1. The first-order chi connectivity index (χ1) is 9.35. The normalized spacial score (nSPS) is 11.8. The van der Waals surface area contributed by atoms with Gasteiger partial charge in [-0.15, -0.1) is 0 Å². The van der Waals surface area contributed by atoms with Gasteiger partial charge in [-0.3, -0.25) is 10.1 Å². The lowest BCUT2D eigenvalue weighted by Gasteiger charge is -2.05. The van der Waals surface area contributed by atoms with Gasteiger partial charge in [-0.05, 0) is 12.5 Å². The van der Waals surface area contributed by atoms with Crippen LogP contribution in [-0.4, -0.2) is 22.6 Å². The fourth-order valence-electron chi connectivity index (χ4n) is 1.59. The number of benzene rings is 1. The van der Waals surface area contributed by atoms with Crippen LogP contribution < -0.4 is 5.32 Å². The summed E-state index contributed by atoms with van der Waals surface area (Å²) in [4.78, 5) is 14.0. The number of aromatic nitrogens is 1. The molecule has 1 heterocycles. The number of nitro groups is 1. The zero-order valence-electron chi connectivity index (χ0n) is 10.1. The Hall–Kier alpha value is -2.32. The molecule has 6 nitrogen and oxygen atoms in total. The number of alkyl halides is 3. The summed E-state index contributed by atoms with van der Waals surface area (Å²) < 4.78 is 41.0. The van der Waals surface area contributed by atoms with Crippen molar-refractivity contribution in [3.63, 3.8) is 0 Å². The molecule has 20 heavy (non-hydrogen) atoms. The molecule has 1 aromatic heterocycles. The van der Waals surface area contributed by atoms with Gasteiger partial charge < -0.3 is 9.73 Å². The molecule has 0 aliphatic carbocycles. The fraction of sp³-hybridized carbons (Fsp3) is 0.364. The van der Waals surface area contributed by atoms with Crippen LogP contribution in [0.3, 0.4) is 0 Å². The highest BCUT2D eigenvalue weighted by Gasteiger charge is 2.25. The Kier molecular flexibility index (Phi) is 3.77. The summed E-state index contributed by atoms with van der Waals surface area (Å²) in [5, 5.41) is 13.2. The van der Waals surface area contributed by atoms with Gasteiger partial charge in [0.25, 0.3) is 11.7 Å². The minimum absolute atomic E-state index is 0.0441. The van der Waals surface area contributed by atoms with Crippen molar-refractivity contribution in [2.24, 2.45) is 0 Å². The Labute approximate surface area is 110 Å². The van der Waals surface area contributed by atoms with Crippen LogP contribution in [0, 0.1) is 10.1 Å². The minimum atomic E-state index is -4.19. The third-order valence-electron chi connectivity index (χ3n) is 2.50. The zero-order chi connectivity index (χ0) is 14.8. The van der Waals surface area contributed by atoms with Crippen molar-refractivity contribution in [2.75, 3.05) is 11.9 Å². The highest BCUT2D eigenvalue weighted by atomic mass is 19.4. The molecule has 2 aromatic rings. The quantitative estimate of drug-likeness (QED) is 0.517. The van der Waals surface area contributed by atoms with E-state index in [-0.39, 0.29) is 30.3 Å². The molecule has 2 rings (SSSR count). The van der Waals surface area contributed by atoms with Gasteiger partial charge >= 0.3 is 6.18 Å². The summed E-state index contributed by atoms with van der Waals surface area (Å²) in [5.74, 6) is 0. The van der Waals surface area contributed by atoms with Crippen molar-refractivity contribution in [3.8, 4) is 0 Å². The van der Waals surface area contributed by atoms with Crippen LogP contribution >= 0.6 is 0 Å². The Morgan fingerprint density at radius 1 is 1.40 bits per heavy atom. The molecule has 0 unspecified atom stereocenters. The first-order valence-electron chi connectivity index (χ1n) is 5.71. The van der Waals surface area contributed by atoms with Crippen molar-refractivity contribution in [2.45, 2.75) is 19.0 Å². The molecule has 1 aromatic carbocycles. The summed E-state index contributed by atoms with van der Waals surface area (Å²) in [7, 11) is 0. The molecular formula is C11H10F3N3O3. The molecule has 9 heteroatoms. The van der Waals surface area contributed by atoms with Crippen LogP contribution in [0.2, 0.25) is 0 Å². The largest absolute Gasteiger partial charge is 0.423 e. The van der Waals surface area contributed by atoms with Crippen molar-refractivity contribution in [3.05, 3.63) is 28.3 Å². The van der Waals surface area contributed by atoms with Gasteiger partial charge in [-0.1, -0.05) is 0 Å². The number of rotatable bonds is 5. The molecule has 0 bridgehead atoms. The van der Waals surface area contributed by atoms with Crippen molar-refractivity contribution in [1.82, 2.24) is 4.98 Å². The van der Waals surface area contributed by atoms with E-state index in [4.69, 9.17) is 4.42 Å². The number of oxazole rings is 1. The second kappa shape index (κ2) is 5.35. The molecule has 0 saturated carbocycles. The van der Waals surface area contributed by atoms with Gasteiger partial charge in [0, 0.05) is 19.0 Å². The van der Waals surface area contributed by atoms with E-state index in [2.05, 4.69) is 10.3 Å². The standard InChI is InChI=1S/C11H10F3N3O3/c12-11(13,14)4-1-5-15-10-16-8-3-2-7(17(18)19)6-9(8)20-10/h2-3,6H,1,4-5H2,(H,15,16). The van der Waals surface area contributed by atoms with Gasteiger partial charge in [0.2, 0.25) is 0 Å². The lowest BCUT2D eigenvalue weighted by molar-refractivity contribution is -0.384. The predicted octanol–water partition coefficient (Wildman–Crippen LogP) is 3.49. The summed E-state index contributed by atoms with van der Waals surface area (Å²) in [6, 6.07) is 3.95.